The SMILES string of the molecule is Cc1cccnc1CNc1cccc(C)c1Br. The Balaban J connectivity index is 2.13. The number of benzene rings is 1. The second kappa shape index (κ2) is 5.32. The van der Waals surface area contributed by atoms with Crippen molar-refractivity contribution in [2.24, 2.45) is 0 Å². The lowest BCUT2D eigenvalue weighted by atomic mass is 10.2. The van der Waals surface area contributed by atoms with Gasteiger partial charge in [0.1, 0.15) is 0 Å². The number of pyridine rings is 1. The lowest BCUT2D eigenvalue weighted by molar-refractivity contribution is 1.02. The predicted molar refractivity (Wildman–Crippen MR) is 75.2 cm³/mol. The fourth-order valence-electron chi connectivity index (χ4n) is 1.67. The lowest BCUT2D eigenvalue weighted by Crippen LogP contribution is -2.04. The van der Waals surface area contributed by atoms with Crippen LogP contribution < -0.4 is 5.32 Å². The summed E-state index contributed by atoms with van der Waals surface area (Å²) in [5.74, 6) is 0. The molecule has 0 spiro atoms. The Kier molecular flexibility index (Phi) is 3.79. The fraction of sp³-hybridized carbons (Fsp3) is 0.214. The first-order chi connectivity index (χ1) is 8.18. The van der Waals surface area contributed by atoms with Crippen LogP contribution in [0.5, 0.6) is 0 Å². The lowest BCUT2D eigenvalue weighted by Gasteiger charge is -2.11. The Hall–Kier alpha value is -1.35. The molecule has 0 atom stereocenters. The molecule has 0 saturated carbocycles. The van der Waals surface area contributed by atoms with Crippen LogP contribution in [0.1, 0.15) is 16.8 Å². The molecule has 17 heavy (non-hydrogen) atoms. The van der Waals surface area contributed by atoms with E-state index in [9.17, 15) is 0 Å². The number of halogens is 1. The summed E-state index contributed by atoms with van der Waals surface area (Å²) in [6, 6.07) is 10.2. The molecule has 88 valence electrons. The second-order valence-electron chi connectivity index (χ2n) is 4.06. The molecule has 1 N–H and O–H groups in total. The number of rotatable bonds is 3. The molecule has 0 saturated heterocycles. The van der Waals surface area contributed by atoms with Crippen LogP contribution in [-0.4, -0.2) is 4.98 Å². The third-order valence-electron chi connectivity index (χ3n) is 2.76. The van der Waals surface area contributed by atoms with E-state index in [1.165, 1.54) is 11.1 Å². The summed E-state index contributed by atoms with van der Waals surface area (Å²) in [6.07, 6.45) is 1.83. The molecule has 2 aromatic rings. The summed E-state index contributed by atoms with van der Waals surface area (Å²) < 4.78 is 1.12. The zero-order chi connectivity index (χ0) is 12.3. The van der Waals surface area contributed by atoms with Gasteiger partial charge in [-0.2, -0.15) is 0 Å². The zero-order valence-corrected chi connectivity index (χ0v) is 11.6. The van der Waals surface area contributed by atoms with Crippen molar-refractivity contribution in [3.05, 3.63) is 57.8 Å². The minimum absolute atomic E-state index is 0.745. The molecule has 0 fully saturated rings. The van der Waals surface area contributed by atoms with Gasteiger partial charge in [0.15, 0.2) is 0 Å². The third-order valence-corrected chi connectivity index (χ3v) is 3.81. The van der Waals surface area contributed by atoms with Gasteiger partial charge in [-0.1, -0.05) is 18.2 Å². The van der Waals surface area contributed by atoms with Gasteiger partial charge in [0.25, 0.3) is 0 Å². The minimum atomic E-state index is 0.745. The van der Waals surface area contributed by atoms with Gasteiger partial charge in [-0.3, -0.25) is 4.98 Å². The first-order valence-corrected chi connectivity index (χ1v) is 6.37. The minimum Gasteiger partial charge on any atom is -0.378 e. The van der Waals surface area contributed by atoms with E-state index in [1.807, 2.05) is 18.3 Å². The molecule has 0 radical (unpaired) electrons. The van der Waals surface area contributed by atoms with Crippen LogP contribution in [0.25, 0.3) is 0 Å². The summed E-state index contributed by atoms with van der Waals surface area (Å²) in [5, 5.41) is 3.40. The number of nitrogens with one attached hydrogen (secondary N) is 1. The van der Waals surface area contributed by atoms with E-state index >= 15 is 0 Å². The molecular formula is C14H15BrN2. The van der Waals surface area contributed by atoms with Gasteiger partial charge in [0, 0.05) is 16.4 Å². The van der Waals surface area contributed by atoms with Crippen molar-refractivity contribution in [2.45, 2.75) is 20.4 Å². The second-order valence-corrected chi connectivity index (χ2v) is 4.85. The molecule has 1 aromatic heterocycles. The number of nitrogens with zero attached hydrogens (tertiary/aromatic N) is 1. The Morgan fingerprint density at radius 2 is 1.88 bits per heavy atom. The summed E-state index contributed by atoms with van der Waals surface area (Å²) >= 11 is 3.59. The van der Waals surface area contributed by atoms with Gasteiger partial charge in [-0.15, -0.1) is 0 Å². The van der Waals surface area contributed by atoms with Gasteiger partial charge in [-0.05, 0) is 53.0 Å². The molecule has 0 bridgehead atoms. The van der Waals surface area contributed by atoms with Crippen LogP contribution in [0.2, 0.25) is 0 Å². The summed E-state index contributed by atoms with van der Waals surface area (Å²) in [6.45, 7) is 4.91. The average molecular weight is 291 g/mol. The van der Waals surface area contributed by atoms with E-state index in [2.05, 4.69) is 58.3 Å². The maximum Gasteiger partial charge on any atom is 0.0623 e. The Bertz CT molecular complexity index is 523. The molecule has 2 rings (SSSR count). The van der Waals surface area contributed by atoms with Gasteiger partial charge < -0.3 is 5.32 Å². The molecular weight excluding hydrogens is 276 g/mol. The van der Waals surface area contributed by atoms with Crippen LogP contribution in [-0.2, 0) is 6.54 Å². The highest BCUT2D eigenvalue weighted by Crippen LogP contribution is 2.26. The molecule has 1 aromatic carbocycles. The number of hydrogen-bond acceptors (Lipinski definition) is 2. The monoisotopic (exact) mass is 290 g/mol. The Morgan fingerprint density at radius 1 is 1.12 bits per heavy atom. The van der Waals surface area contributed by atoms with Crippen molar-refractivity contribution < 1.29 is 0 Å². The zero-order valence-electron chi connectivity index (χ0n) is 10.00. The van der Waals surface area contributed by atoms with E-state index in [0.717, 1.165) is 22.4 Å². The molecule has 0 aliphatic rings. The standard InChI is InChI=1S/C14H15BrN2/c1-10-6-4-8-16-13(10)9-17-12-7-3-5-11(2)14(12)15/h3-8,17H,9H2,1-2H3. The number of aromatic nitrogens is 1. The summed E-state index contributed by atoms with van der Waals surface area (Å²) in [7, 11) is 0. The van der Waals surface area contributed by atoms with Crippen LogP contribution >= 0.6 is 15.9 Å². The largest absolute Gasteiger partial charge is 0.378 e. The topological polar surface area (TPSA) is 24.9 Å². The predicted octanol–water partition coefficient (Wildman–Crippen LogP) is 4.07. The van der Waals surface area contributed by atoms with Crippen molar-refractivity contribution in [3.8, 4) is 0 Å². The number of hydrogen-bond donors (Lipinski definition) is 1. The normalized spacial score (nSPS) is 10.3. The van der Waals surface area contributed by atoms with E-state index in [4.69, 9.17) is 0 Å². The van der Waals surface area contributed by atoms with E-state index in [-0.39, 0.29) is 0 Å². The first kappa shape index (κ1) is 12.1. The van der Waals surface area contributed by atoms with Crippen molar-refractivity contribution in [2.75, 3.05) is 5.32 Å². The highest BCUT2D eigenvalue weighted by molar-refractivity contribution is 9.10. The van der Waals surface area contributed by atoms with Crippen molar-refractivity contribution >= 4 is 21.6 Å². The summed E-state index contributed by atoms with van der Waals surface area (Å²) in [4.78, 5) is 4.37. The van der Waals surface area contributed by atoms with E-state index in [1.54, 1.807) is 0 Å². The van der Waals surface area contributed by atoms with Crippen LogP contribution in [0.15, 0.2) is 41.0 Å². The van der Waals surface area contributed by atoms with Crippen LogP contribution in [0.3, 0.4) is 0 Å². The number of anilines is 1. The maximum atomic E-state index is 4.37. The molecule has 2 nitrogen and oxygen atoms in total. The quantitative estimate of drug-likeness (QED) is 0.922. The van der Waals surface area contributed by atoms with Gasteiger partial charge >= 0.3 is 0 Å². The molecule has 0 aliphatic heterocycles. The van der Waals surface area contributed by atoms with Crippen LogP contribution in [0, 0.1) is 13.8 Å². The molecule has 1 heterocycles. The highest BCUT2D eigenvalue weighted by atomic mass is 79.9. The van der Waals surface area contributed by atoms with Crippen molar-refractivity contribution in [3.63, 3.8) is 0 Å². The Labute approximate surface area is 110 Å². The van der Waals surface area contributed by atoms with Crippen molar-refractivity contribution in [1.82, 2.24) is 4.98 Å². The molecule has 3 heteroatoms. The molecule has 0 amide bonds. The average Bonchev–Trinajstić information content (AvgIpc) is 2.33. The van der Waals surface area contributed by atoms with Crippen molar-refractivity contribution in [1.29, 1.82) is 0 Å². The van der Waals surface area contributed by atoms with Crippen LogP contribution in [0.4, 0.5) is 5.69 Å². The highest BCUT2D eigenvalue weighted by Gasteiger charge is 2.03. The van der Waals surface area contributed by atoms with Gasteiger partial charge in [0.2, 0.25) is 0 Å². The maximum absolute atomic E-state index is 4.37. The van der Waals surface area contributed by atoms with E-state index in [0.29, 0.717) is 0 Å². The van der Waals surface area contributed by atoms with Gasteiger partial charge in [0.05, 0.1) is 12.2 Å². The number of aryl methyl sites for hydroxylation is 2. The fourth-order valence-corrected chi connectivity index (χ4v) is 2.07. The van der Waals surface area contributed by atoms with Gasteiger partial charge in [-0.25, -0.2) is 0 Å². The third kappa shape index (κ3) is 2.86. The summed E-state index contributed by atoms with van der Waals surface area (Å²) in [5.41, 5.74) is 4.63. The van der Waals surface area contributed by atoms with E-state index < -0.39 is 0 Å². The molecule has 0 unspecified atom stereocenters. The smallest absolute Gasteiger partial charge is 0.0623 e. The Morgan fingerprint density at radius 3 is 2.65 bits per heavy atom. The molecule has 0 aliphatic carbocycles. The first-order valence-electron chi connectivity index (χ1n) is 5.58.